The molecular weight excluding hydrogens is 642 g/mol. The molecule has 2 heterocycles. The van der Waals surface area contributed by atoms with E-state index in [9.17, 15) is 35.9 Å². The first-order valence-corrected chi connectivity index (χ1v) is 15.5. The van der Waals surface area contributed by atoms with Crippen LogP contribution in [0.2, 0.25) is 0 Å². The van der Waals surface area contributed by atoms with Crippen molar-refractivity contribution in [3.8, 4) is 0 Å². The molecule has 1 aliphatic carbocycles. The number of nitrogens with zero attached hydrogens (tertiary/aromatic N) is 2. The number of aliphatic imine (C=N–C) groups is 1. The van der Waals surface area contributed by atoms with E-state index < -0.39 is 53.8 Å². The number of aryl methyl sites for hydroxylation is 1. The van der Waals surface area contributed by atoms with Gasteiger partial charge >= 0.3 is 18.3 Å². The van der Waals surface area contributed by atoms with Crippen LogP contribution in [0.3, 0.4) is 0 Å². The molecule has 3 aromatic carbocycles. The van der Waals surface area contributed by atoms with Gasteiger partial charge in [0.2, 0.25) is 0 Å². The molecule has 254 valence electrons. The van der Waals surface area contributed by atoms with Crippen molar-refractivity contribution in [2.24, 2.45) is 16.8 Å². The second kappa shape index (κ2) is 13.3. The predicted octanol–water partition coefficient (Wildman–Crippen LogP) is 7.35. The number of amides is 1. The zero-order valence-electron chi connectivity index (χ0n) is 25.8. The zero-order valence-corrected chi connectivity index (χ0v) is 25.8. The highest BCUT2D eigenvalue weighted by atomic mass is 19.4. The van der Waals surface area contributed by atoms with Crippen molar-refractivity contribution in [2.75, 3.05) is 26.3 Å². The Kier molecular flexibility index (Phi) is 9.25. The van der Waals surface area contributed by atoms with Crippen LogP contribution < -0.4 is 0 Å². The highest BCUT2D eigenvalue weighted by Crippen LogP contribution is 2.49. The molecule has 1 saturated heterocycles. The summed E-state index contributed by atoms with van der Waals surface area (Å²) in [6.45, 7) is 2.16. The van der Waals surface area contributed by atoms with Gasteiger partial charge in [-0.25, -0.2) is 4.79 Å². The molecule has 0 spiro atoms. The Morgan fingerprint density at radius 2 is 1.60 bits per heavy atom. The third-order valence-corrected chi connectivity index (χ3v) is 9.23. The number of rotatable bonds is 7. The molecule has 0 radical (unpaired) electrons. The molecule has 2 fully saturated rings. The topological polar surface area (TPSA) is 77.4 Å². The van der Waals surface area contributed by atoms with Gasteiger partial charge in [0.15, 0.2) is 6.61 Å². The number of carbonyl (C=O) groups is 2. The predicted molar refractivity (Wildman–Crippen MR) is 161 cm³/mol. The number of likely N-dealkylation sites (tertiary alicyclic amines) is 1. The van der Waals surface area contributed by atoms with E-state index in [4.69, 9.17) is 14.2 Å². The molecule has 13 heteroatoms. The van der Waals surface area contributed by atoms with Crippen LogP contribution in [-0.4, -0.2) is 55.2 Å². The molecule has 1 saturated carbocycles. The minimum atomic E-state index is -5.08. The summed E-state index contributed by atoms with van der Waals surface area (Å²) in [5.74, 6) is -1.48. The van der Waals surface area contributed by atoms with E-state index in [1.165, 1.54) is 12.1 Å². The molecule has 0 bridgehead atoms. The van der Waals surface area contributed by atoms with Gasteiger partial charge in [-0.3, -0.25) is 4.79 Å². The van der Waals surface area contributed by atoms with Crippen LogP contribution in [0.15, 0.2) is 77.8 Å². The summed E-state index contributed by atoms with van der Waals surface area (Å²) in [6.07, 6.45) is -11.3. The van der Waals surface area contributed by atoms with Crippen molar-refractivity contribution in [3.63, 3.8) is 0 Å². The molecule has 1 amide bonds. The summed E-state index contributed by atoms with van der Waals surface area (Å²) >= 11 is 0. The fourth-order valence-corrected chi connectivity index (χ4v) is 7.00. The van der Waals surface area contributed by atoms with Gasteiger partial charge < -0.3 is 19.1 Å². The zero-order chi connectivity index (χ0) is 34.2. The fraction of sp³-hybridized carbons (Fsp3) is 0.400. The first-order chi connectivity index (χ1) is 22.8. The Labute approximate surface area is 272 Å². The van der Waals surface area contributed by atoms with E-state index in [2.05, 4.69) is 4.99 Å². The number of ether oxygens (including phenoxy) is 3. The van der Waals surface area contributed by atoms with E-state index in [0.29, 0.717) is 38.1 Å². The quantitative estimate of drug-likeness (QED) is 0.193. The normalized spacial score (nSPS) is 23.4. The number of hydrogen-bond donors (Lipinski definition) is 0. The summed E-state index contributed by atoms with van der Waals surface area (Å²) < 4.78 is 101. The maximum atomic E-state index is 13.9. The number of hydrogen-bond acceptors (Lipinski definition) is 6. The standard InChI is InChI=1S/C35H32F6N2O5/c1-20-7-5-6-10-26(20)31-27-17-43(33-42-30(44)19-47-33)16-22(27)11-12-28(31)48-29(18-46-32(45)21-8-3-2-4-9-21)23-13-24(34(36,37)38)15-25(14-23)35(39,40)41/h2-10,13-15,22,27-29,31H,11-12,16-19H2,1H3/t22-,27-,28+,29?,31+/m1/s1. The van der Waals surface area contributed by atoms with Crippen LogP contribution in [0, 0.1) is 18.8 Å². The van der Waals surface area contributed by atoms with Gasteiger partial charge in [0, 0.05) is 19.0 Å². The highest BCUT2D eigenvalue weighted by Gasteiger charge is 2.48. The number of amidine groups is 1. The third kappa shape index (κ3) is 7.20. The number of carbonyl (C=O) groups excluding carboxylic acids is 2. The first-order valence-electron chi connectivity index (χ1n) is 15.5. The number of benzene rings is 3. The second-order valence-electron chi connectivity index (χ2n) is 12.3. The Bertz CT molecular complexity index is 1660. The molecule has 0 N–H and O–H groups in total. The van der Waals surface area contributed by atoms with E-state index in [0.717, 1.165) is 11.1 Å². The molecule has 3 aliphatic rings. The number of alkyl halides is 6. The smallest absolute Gasteiger partial charge is 0.416 e. The van der Waals surface area contributed by atoms with Crippen LogP contribution in [0.1, 0.15) is 63.0 Å². The molecule has 0 aromatic heterocycles. The van der Waals surface area contributed by atoms with E-state index in [-0.39, 0.29) is 47.9 Å². The summed E-state index contributed by atoms with van der Waals surface area (Å²) in [6, 6.07) is 17.0. The average Bonchev–Trinajstić information content (AvgIpc) is 3.69. The first kappa shape index (κ1) is 33.5. The van der Waals surface area contributed by atoms with Gasteiger partial charge in [-0.1, -0.05) is 42.5 Å². The van der Waals surface area contributed by atoms with Crippen molar-refractivity contribution in [3.05, 3.63) is 106 Å². The van der Waals surface area contributed by atoms with Gasteiger partial charge in [-0.05, 0) is 78.6 Å². The minimum Gasteiger partial charge on any atom is -0.459 e. The van der Waals surface area contributed by atoms with Gasteiger partial charge in [0.25, 0.3) is 11.9 Å². The Balaban J connectivity index is 1.37. The molecular formula is C35H32F6N2O5. The summed E-state index contributed by atoms with van der Waals surface area (Å²) in [4.78, 5) is 30.6. The Hall–Kier alpha value is -4.39. The van der Waals surface area contributed by atoms with Crippen molar-refractivity contribution in [1.82, 2.24) is 4.90 Å². The molecule has 5 atom stereocenters. The Morgan fingerprint density at radius 3 is 2.23 bits per heavy atom. The van der Waals surface area contributed by atoms with Gasteiger partial charge in [0.05, 0.1) is 22.8 Å². The van der Waals surface area contributed by atoms with Gasteiger partial charge in [-0.15, -0.1) is 0 Å². The lowest BCUT2D eigenvalue weighted by atomic mass is 9.68. The number of esters is 1. The van der Waals surface area contributed by atoms with Crippen molar-refractivity contribution < 1.29 is 50.1 Å². The molecule has 6 rings (SSSR count). The lowest BCUT2D eigenvalue weighted by molar-refractivity contribution is -0.143. The number of fused-ring (bicyclic) bond motifs is 1. The second-order valence-corrected chi connectivity index (χ2v) is 12.3. The van der Waals surface area contributed by atoms with Crippen molar-refractivity contribution in [2.45, 2.75) is 50.2 Å². The van der Waals surface area contributed by atoms with Crippen LogP contribution in [0.25, 0.3) is 0 Å². The van der Waals surface area contributed by atoms with Crippen LogP contribution in [0.4, 0.5) is 26.3 Å². The summed E-state index contributed by atoms with van der Waals surface area (Å²) in [7, 11) is 0. The van der Waals surface area contributed by atoms with Gasteiger partial charge in [-0.2, -0.15) is 31.3 Å². The molecule has 3 aromatic rings. The van der Waals surface area contributed by atoms with Crippen molar-refractivity contribution in [1.29, 1.82) is 0 Å². The van der Waals surface area contributed by atoms with Crippen LogP contribution in [-0.2, 0) is 31.4 Å². The Morgan fingerprint density at radius 1 is 0.938 bits per heavy atom. The highest BCUT2D eigenvalue weighted by molar-refractivity contribution is 5.96. The maximum absolute atomic E-state index is 13.9. The average molecular weight is 675 g/mol. The molecule has 48 heavy (non-hydrogen) atoms. The van der Waals surface area contributed by atoms with Crippen molar-refractivity contribution >= 4 is 17.9 Å². The molecule has 2 aliphatic heterocycles. The molecule has 7 nitrogen and oxygen atoms in total. The maximum Gasteiger partial charge on any atom is 0.416 e. The monoisotopic (exact) mass is 674 g/mol. The SMILES string of the molecule is Cc1ccccc1[C@H]1[C@@H]2CN(C3=NC(=O)CO3)C[C@H]2CC[C@@H]1OC(COC(=O)c1ccccc1)c1cc(C(F)(F)F)cc(C(F)(F)F)c1. The van der Waals surface area contributed by atoms with Crippen LogP contribution >= 0.6 is 0 Å². The molecule has 1 unspecified atom stereocenters. The third-order valence-electron chi connectivity index (χ3n) is 9.23. The van der Waals surface area contributed by atoms with E-state index >= 15 is 0 Å². The lowest BCUT2D eigenvalue weighted by Gasteiger charge is -2.41. The summed E-state index contributed by atoms with van der Waals surface area (Å²) in [5, 5.41) is 0. The number of halogens is 6. The van der Waals surface area contributed by atoms with Crippen LogP contribution in [0.5, 0.6) is 0 Å². The minimum absolute atomic E-state index is 0.0591. The lowest BCUT2D eigenvalue weighted by Crippen LogP contribution is -2.39. The van der Waals surface area contributed by atoms with E-state index in [1.807, 2.05) is 36.1 Å². The van der Waals surface area contributed by atoms with E-state index in [1.54, 1.807) is 18.2 Å². The fourth-order valence-electron chi connectivity index (χ4n) is 7.00. The largest absolute Gasteiger partial charge is 0.459 e. The summed E-state index contributed by atoms with van der Waals surface area (Å²) in [5.41, 5.74) is -1.38. The van der Waals surface area contributed by atoms with Gasteiger partial charge in [0.1, 0.15) is 12.7 Å².